The third-order valence-electron chi connectivity index (χ3n) is 4.14. The minimum absolute atomic E-state index is 0.650. The topological polar surface area (TPSA) is 15.3 Å². The molecule has 2 nitrogen and oxygen atoms in total. The Bertz CT molecular complexity index is 419. The maximum absolute atomic E-state index is 3.75. The number of halogens is 1. The predicted molar refractivity (Wildman–Crippen MR) is 75.5 cm³/mol. The fraction of sp³-hybridized carbons (Fsp3) is 0.571. The standard InChI is InChI=1S/C14H19BrN2/c1-10-9-11(15)4-5-12(10)16-13-6-8-17-7-2-3-14(13)17/h4-5,9,13-14,16H,2-3,6-8H2,1H3. The third-order valence-corrected chi connectivity index (χ3v) is 4.63. The molecule has 0 radical (unpaired) electrons. The molecule has 1 aromatic carbocycles. The fourth-order valence-corrected chi connectivity index (χ4v) is 3.72. The maximum Gasteiger partial charge on any atom is 0.0429 e. The molecule has 3 heteroatoms. The summed E-state index contributed by atoms with van der Waals surface area (Å²) in [6, 6.07) is 7.92. The van der Waals surface area contributed by atoms with Gasteiger partial charge in [-0.25, -0.2) is 0 Å². The Hall–Kier alpha value is -0.540. The van der Waals surface area contributed by atoms with Crippen molar-refractivity contribution in [1.82, 2.24) is 4.90 Å². The average molecular weight is 295 g/mol. The van der Waals surface area contributed by atoms with Crippen LogP contribution in [0.5, 0.6) is 0 Å². The third kappa shape index (κ3) is 2.23. The van der Waals surface area contributed by atoms with Gasteiger partial charge in [-0.3, -0.25) is 4.90 Å². The van der Waals surface area contributed by atoms with Crippen LogP contribution in [0.3, 0.4) is 0 Å². The number of aryl methyl sites for hydroxylation is 1. The first-order valence-electron chi connectivity index (χ1n) is 6.51. The predicted octanol–water partition coefficient (Wildman–Crippen LogP) is 3.41. The second-order valence-corrected chi connectivity index (χ2v) is 6.16. The van der Waals surface area contributed by atoms with E-state index in [0.717, 1.165) is 10.5 Å². The van der Waals surface area contributed by atoms with Gasteiger partial charge in [0.05, 0.1) is 0 Å². The molecule has 1 N–H and O–H groups in total. The van der Waals surface area contributed by atoms with E-state index in [-0.39, 0.29) is 0 Å². The second-order valence-electron chi connectivity index (χ2n) is 5.24. The van der Waals surface area contributed by atoms with E-state index >= 15 is 0 Å². The van der Waals surface area contributed by atoms with Gasteiger partial charge < -0.3 is 5.32 Å². The zero-order valence-corrected chi connectivity index (χ0v) is 11.8. The first kappa shape index (κ1) is 11.5. The van der Waals surface area contributed by atoms with Crippen LogP contribution in [0.1, 0.15) is 24.8 Å². The van der Waals surface area contributed by atoms with Gasteiger partial charge in [-0.15, -0.1) is 0 Å². The van der Waals surface area contributed by atoms with Crippen molar-refractivity contribution in [2.45, 2.75) is 38.3 Å². The van der Waals surface area contributed by atoms with Crippen molar-refractivity contribution in [2.75, 3.05) is 18.4 Å². The van der Waals surface area contributed by atoms with Gasteiger partial charge in [-0.2, -0.15) is 0 Å². The molecule has 2 aliphatic heterocycles. The number of anilines is 1. The van der Waals surface area contributed by atoms with Gasteiger partial charge in [0, 0.05) is 28.8 Å². The molecule has 1 aromatic rings. The van der Waals surface area contributed by atoms with Crippen LogP contribution in [-0.4, -0.2) is 30.1 Å². The summed E-state index contributed by atoms with van der Waals surface area (Å²) in [5.41, 5.74) is 2.63. The number of hydrogen-bond acceptors (Lipinski definition) is 2. The molecule has 2 fully saturated rings. The average Bonchev–Trinajstić information content (AvgIpc) is 2.86. The van der Waals surface area contributed by atoms with E-state index in [0.29, 0.717) is 6.04 Å². The van der Waals surface area contributed by atoms with Gasteiger partial charge in [0.2, 0.25) is 0 Å². The largest absolute Gasteiger partial charge is 0.380 e. The Kier molecular flexibility index (Phi) is 3.14. The lowest BCUT2D eigenvalue weighted by Gasteiger charge is -2.23. The van der Waals surface area contributed by atoms with Gasteiger partial charge in [-0.1, -0.05) is 15.9 Å². The van der Waals surface area contributed by atoms with Crippen LogP contribution in [0.4, 0.5) is 5.69 Å². The van der Waals surface area contributed by atoms with Crippen molar-refractivity contribution in [1.29, 1.82) is 0 Å². The molecule has 17 heavy (non-hydrogen) atoms. The molecular formula is C14H19BrN2. The molecular weight excluding hydrogens is 276 g/mol. The van der Waals surface area contributed by atoms with Crippen LogP contribution >= 0.6 is 15.9 Å². The normalized spacial score (nSPS) is 28.4. The summed E-state index contributed by atoms with van der Waals surface area (Å²) in [5.74, 6) is 0. The first-order valence-corrected chi connectivity index (χ1v) is 7.30. The van der Waals surface area contributed by atoms with Crippen LogP contribution in [0.25, 0.3) is 0 Å². The van der Waals surface area contributed by atoms with Gasteiger partial charge in [-0.05, 0) is 56.5 Å². The smallest absolute Gasteiger partial charge is 0.0429 e. The highest BCUT2D eigenvalue weighted by molar-refractivity contribution is 9.10. The van der Waals surface area contributed by atoms with E-state index < -0.39 is 0 Å². The zero-order valence-electron chi connectivity index (χ0n) is 10.2. The van der Waals surface area contributed by atoms with Gasteiger partial charge in [0.1, 0.15) is 0 Å². The van der Waals surface area contributed by atoms with Gasteiger partial charge >= 0.3 is 0 Å². The summed E-state index contributed by atoms with van der Waals surface area (Å²) in [7, 11) is 0. The quantitative estimate of drug-likeness (QED) is 0.899. The number of rotatable bonds is 2. The van der Waals surface area contributed by atoms with Crippen molar-refractivity contribution in [3.63, 3.8) is 0 Å². The Morgan fingerprint density at radius 1 is 1.29 bits per heavy atom. The van der Waals surface area contributed by atoms with Crippen molar-refractivity contribution >= 4 is 21.6 Å². The highest BCUT2D eigenvalue weighted by Crippen LogP contribution is 2.31. The highest BCUT2D eigenvalue weighted by atomic mass is 79.9. The van der Waals surface area contributed by atoms with E-state index in [9.17, 15) is 0 Å². The van der Waals surface area contributed by atoms with E-state index in [1.807, 2.05) is 0 Å². The summed E-state index contributed by atoms with van der Waals surface area (Å²) in [6.45, 7) is 4.76. The van der Waals surface area contributed by atoms with E-state index in [1.165, 1.54) is 43.6 Å². The lowest BCUT2D eigenvalue weighted by Crippen LogP contribution is -2.33. The fourth-order valence-electron chi connectivity index (χ4n) is 3.24. The molecule has 2 unspecified atom stereocenters. The van der Waals surface area contributed by atoms with Crippen LogP contribution in [0, 0.1) is 6.92 Å². The van der Waals surface area contributed by atoms with Crippen molar-refractivity contribution < 1.29 is 0 Å². The molecule has 0 saturated carbocycles. The molecule has 0 spiro atoms. The minimum Gasteiger partial charge on any atom is -0.380 e. The summed E-state index contributed by atoms with van der Waals surface area (Å²) in [6.07, 6.45) is 4.04. The molecule has 2 aliphatic rings. The Balaban J connectivity index is 1.74. The number of nitrogens with one attached hydrogen (secondary N) is 1. The lowest BCUT2D eigenvalue weighted by atomic mass is 10.1. The molecule has 0 aromatic heterocycles. The molecule has 92 valence electrons. The van der Waals surface area contributed by atoms with Gasteiger partial charge in [0.15, 0.2) is 0 Å². The van der Waals surface area contributed by atoms with Crippen LogP contribution in [0.15, 0.2) is 22.7 Å². The number of fused-ring (bicyclic) bond motifs is 1. The monoisotopic (exact) mass is 294 g/mol. The molecule has 2 heterocycles. The van der Waals surface area contributed by atoms with Gasteiger partial charge in [0.25, 0.3) is 0 Å². The lowest BCUT2D eigenvalue weighted by molar-refractivity contribution is 0.318. The van der Waals surface area contributed by atoms with E-state index in [2.05, 4.69) is 51.3 Å². The second kappa shape index (κ2) is 4.62. The molecule has 3 rings (SSSR count). The SMILES string of the molecule is Cc1cc(Br)ccc1NC1CCN2CCCC12. The Morgan fingerprint density at radius 2 is 2.18 bits per heavy atom. The van der Waals surface area contributed by atoms with Crippen LogP contribution < -0.4 is 5.32 Å². The Morgan fingerprint density at radius 3 is 3.00 bits per heavy atom. The number of hydrogen-bond donors (Lipinski definition) is 1. The summed E-state index contributed by atoms with van der Waals surface area (Å²) in [4.78, 5) is 2.64. The molecule has 2 atom stereocenters. The Labute approximate surface area is 112 Å². The number of nitrogens with zero attached hydrogens (tertiary/aromatic N) is 1. The van der Waals surface area contributed by atoms with Crippen LogP contribution in [-0.2, 0) is 0 Å². The van der Waals surface area contributed by atoms with E-state index in [4.69, 9.17) is 0 Å². The zero-order chi connectivity index (χ0) is 11.8. The molecule has 2 saturated heterocycles. The summed E-state index contributed by atoms with van der Waals surface area (Å²) in [5, 5.41) is 3.75. The highest BCUT2D eigenvalue weighted by Gasteiger charge is 2.36. The molecule has 0 amide bonds. The summed E-state index contributed by atoms with van der Waals surface area (Å²) >= 11 is 3.52. The first-order chi connectivity index (χ1) is 8.24. The molecule has 0 aliphatic carbocycles. The molecule has 0 bridgehead atoms. The van der Waals surface area contributed by atoms with Crippen molar-refractivity contribution in [3.8, 4) is 0 Å². The van der Waals surface area contributed by atoms with Crippen molar-refractivity contribution in [3.05, 3.63) is 28.2 Å². The van der Waals surface area contributed by atoms with Crippen LogP contribution in [0.2, 0.25) is 0 Å². The van der Waals surface area contributed by atoms with E-state index in [1.54, 1.807) is 0 Å². The summed E-state index contributed by atoms with van der Waals surface area (Å²) < 4.78 is 1.16. The minimum atomic E-state index is 0.650. The maximum atomic E-state index is 3.75. The number of benzene rings is 1. The van der Waals surface area contributed by atoms with Crippen molar-refractivity contribution in [2.24, 2.45) is 0 Å².